The number of hydrogen-bond acceptors (Lipinski definition) is 4. The summed E-state index contributed by atoms with van der Waals surface area (Å²) < 4.78 is 19.2. The van der Waals surface area contributed by atoms with Crippen LogP contribution in [-0.4, -0.2) is 41.7 Å². The summed E-state index contributed by atoms with van der Waals surface area (Å²) in [4.78, 5) is 0. The predicted octanol–water partition coefficient (Wildman–Crippen LogP) is 10.1. The second kappa shape index (κ2) is 19.2. The average molecular weight is 563 g/mol. The molecule has 0 radical (unpaired) electrons. The van der Waals surface area contributed by atoms with E-state index in [2.05, 4.69) is 68.4 Å². The molecule has 40 heavy (non-hydrogen) atoms. The number of benzene rings is 1. The van der Waals surface area contributed by atoms with Crippen LogP contribution in [0.1, 0.15) is 156 Å². The van der Waals surface area contributed by atoms with Crippen molar-refractivity contribution in [2.75, 3.05) is 19.8 Å². The number of hydrogen-bond donors (Lipinski definition) is 1. The van der Waals surface area contributed by atoms with Gasteiger partial charge in [-0.3, -0.25) is 0 Å². The van der Waals surface area contributed by atoms with Gasteiger partial charge in [0.2, 0.25) is 0 Å². The fraction of sp³-hybridized carbons (Fsp3) is 0.833. The number of aromatic hydroxyl groups is 1. The maximum absolute atomic E-state index is 11.2. The molecule has 1 N–H and O–H groups in total. The molecule has 0 heterocycles. The maximum Gasteiger partial charge on any atom is 0.119 e. The summed E-state index contributed by atoms with van der Waals surface area (Å²) in [7, 11) is 0. The molecule has 0 unspecified atom stereocenters. The zero-order chi connectivity index (χ0) is 30.1. The first-order valence-corrected chi connectivity index (χ1v) is 16.6. The molecule has 1 rings (SSSR count). The topological polar surface area (TPSA) is 47.9 Å². The molecule has 0 fully saturated rings. The summed E-state index contributed by atoms with van der Waals surface area (Å²) in [5, 5.41) is 11.2. The van der Waals surface area contributed by atoms with Crippen LogP contribution < -0.4 is 0 Å². The van der Waals surface area contributed by atoms with Gasteiger partial charge in [-0.15, -0.1) is 0 Å². The Bertz CT molecular complexity index is 796. The van der Waals surface area contributed by atoms with E-state index in [-0.39, 0.29) is 16.8 Å². The van der Waals surface area contributed by atoms with E-state index < -0.39 is 0 Å². The summed E-state index contributed by atoms with van der Waals surface area (Å²) >= 11 is 0. The average Bonchev–Trinajstić information content (AvgIpc) is 2.87. The second-order valence-electron chi connectivity index (χ2n) is 13.7. The van der Waals surface area contributed by atoms with Gasteiger partial charge < -0.3 is 19.3 Å². The largest absolute Gasteiger partial charge is 0.508 e. The van der Waals surface area contributed by atoms with Gasteiger partial charge in [-0.05, 0) is 78.0 Å². The summed E-state index contributed by atoms with van der Waals surface area (Å²) in [6.07, 6.45) is 16.6. The lowest BCUT2D eigenvalue weighted by Gasteiger charge is -2.33. The highest BCUT2D eigenvalue weighted by Crippen LogP contribution is 2.35. The Hall–Kier alpha value is -1.10. The van der Waals surface area contributed by atoms with Crippen molar-refractivity contribution < 1.29 is 19.3 Å². The molecule has 0 bridgehead atoms. The van der Waals surface area contributed by atoms with Gasteiger partial charge in [-0.25, -0.2) is 0 Å². The van der Waals surface area contributed by atoms with Crippen molar-refractivity contribution in [3.05, 3.63) is 28.8 Å². The van der Waals surface area contributed by atoms with Crippen LogP contribution in [0.15, 0.2) is 12.1 Å². The third-order valence-electron chi connectivity index (χ3n) is 7.80. The van der Waals surface area contributed by atoms with Gasteiger partial charge in [0, 0.05) is 44.6 Å². The van der Waals surface area contributed by atoms with Crippen LogP contribution in [0.4, 0.5) is 0 Å². The molecule has 0 aliphatic carbocycles. The molecular weight excluding hydrogens is 496 g/mol. The molecule has 4 nitrogen and oxygen atoms in total. The lowest BCUT2D eigenvalue weighted by Crippen LogP contribution is -2.33. The van der Waals surface area contributed by atoms with Gasteiger partial charge in [0.05, 0.1) is 16.8 Å². The fourth-order valence-corrected chi connectivity index (χ4v) is 5.41. The molecule has 0 aromatic heterocycles. The van der Waals surface area contributed by atoms with E-state index in [1.54, 1.807) is 0 Å². The molecule has 0 saturated carbocycles. The number of phenols is 1. The van der Waals surface area contributed by atoms with Gasteiger partial charge in [0.25, 0.3) is 0 Å². The van der Waals surface area contributed by atoms with Gasteiger partial charge in [-0.1, -0.05) is 84.6 Å². The minimum absolute atomic E-state index is 0.286. The summed E-state index contributed by atoms with van der Waals surface area (Å²) in [5.41, 5.74) is 2.45. The van der Waals surface area contributed by atoms with Gasteiger partial charge >= 0.3 is 0 Å². The zero-order valence-electron chi connectivity index (χ0n) is 28.1. The Morgan fingerprint density at radius 3 is 1.27 bits per heavy atom. The molecule has 1 aromatic carbocycles. The highest BCUT2D eigenvalue weighted by molar-refractivity contribution is 5.46. The molecule has 234 valence electrons. The molecule has 0 spiro atoms. The highest BCUT2D eigenvalue weighted by Gasteiger charge is 2.30. The van der Waals surface area contributed by atoms with Crippen molar-refractivity contribution in [1.29, 1.82) is 0 Å². The Labute approximate surface area is 249 Å². The summed E-state index contributed by atoms with van der Waals surface area (Å²) in [6.45, 7) is 22.1. The van der Waals surface area contributed by atoms with E-state index in [0.717, 1.165) is 57.5 Å². The number of rotatable bonds is 24. The Balaban J connectivity index is 3.18. The van der Waals surface area contributed by atoms with Crippen molar-refractivity contribution in [3.8, 4) is 5.75 Å². The fourth-order valence-electron chi connectivity index (χ4n) is 5.41. The van der Waals surface area contributed by atoms with E-state index in [0.29, 0.717) is 12.2 Å². The SMILES string of the molecule is CCCCCCOC(C)(C)Cc1ccc(O)c(CC(C)(C)OCCCCCC)c1CC(C)(C)OCCCCCC. The van der Waals surface area contributed by atoms with Gasteiger partial charge in [0.1, 0.15) is 5.75 Å². The number of unbranched alkanes of at least 4 members (excludes halogenated alkanes) is 9. The summed E-state index contributed by atoms with van der Waals surface area (Å²) in [5.74, 6) is 0.360. The minimum Gasteiger partial charge on any atom is -0.508 e. The van der Waals surface area contributed by atoms with E-state index in [9.17, 15) is 5.11 Å². The lowest BCUT2D eigenvalue weighted by atomic mass is 9.83. The third kappa shape index (κ3) is 15.8. The van der Waals surface area contributed by atoms with Crippen molar-refractivity contribution in [2.24, 2.45) is 0 Å². The van der Waals surface area contributed by atoms with Gasteiger partial charge in [-0.2, -0.15) is 0 Å². The van der Waals surface area contributed by atoms with Crippen LogP contribution in [0.25, 0.3) is 0 Å². The van der Waals surface area contributed by atoms with Crippen molar-refractivity contribution in [2.45, 2.75) is 175 Å². The van der Waals surface area contributed by atoms with Gasteiger partial charge in [0.15, 0.2) is 0 Å². The first kappa shape index (κ1) is 36.9. The molecule has 1 aromatic rings. The Morgan fingerprint density at radius 1 is 0.500 bits per heavy atom. The smallest absolute Gasteiger partial charge is 0.119 e. The van der Waals surface area contributed by atoms with Crippen molar-refractivity contribution >= 4 is 0 Å². The number of phenolic OH excluding ortho intramolecular Hbond substituents is 1. The molecule has 4 heteroatoms. The lowest BCUT2D eigenvalue weighted by molar-refractivity contribution is -0.0252. The van der Waals surface area contributed by atoms with E-state index in [4.69, 9.17) is 14.2 Å². The summed E-state index contributed by atoms with van der Waals surface area (Å²) in [6, 6.07) is 3.98. The third-order valence-corrected chi connectivity index (χ3v) is 7.80. The quantitative estimate of drug-likeness (QED) is 0.127. The molecular formula is C36H66O4. The van der Waals surface area contributed by atoms with E-state index >= 15 is 0 Å². The minimum atomic E-state index is -0.368. The van der Waals surface area contributed by atoms with Crippen LogP contribution in [0.2, 0.25) is 0 Å². The molecule has 0 aliphatic heterocycles. The van der Waals surface area contributed by atoms with Crippen LogP contribution >= 0.6 is 0 Å². The van der Waals surface area contributed by atoms with Crippen molar-refractivity contribution in [3.63, 3.8) is 0 Å². The van der Waals surface area contributed by atoms with Crippen LogP contribution in [0, 0.1) is 0 Å². The first-order chi connectivity index (χ1) is 18.9. The maximum atomic E-state index is 11.2. The second-order valence-corrected chi connectivity index (χ2v) is 13.7. The van der Waals surface area contributed by atoms with Crippen LogP contribution in [0.5, 0.6) is 5.75 Å². The molecule has 0 saturated heterocycles. The van der Waals surface area contributed by atoms with Crippen molar-refractivity contribution in [1.82, 2.24) is 0 Å². The monoisotopic (exact) mass is 562 g/mol. The molecule has 0 atom stereocenters. The highest BCUT2D eigenvalue weighted by atomic mass is 16.5. The molecule has 0 aliphatic rings. The first-order valence-electron chi connectivity index (χ1n) is 16.6. The van der Waals surface area contributed by atoms with E-state index in [1.807, 2.05) is 6.07 Å². The zero-order valence-corrected chi connectivity index (χ0v) is 28.1. The van der Waals surface area contributed by atoms with Crippen LogP contribution in [0.3, 0.4) is 0 Å². The Morgan fingerprint density at radius 2 is 0.875 bits per heavy atom. The standard InChI is InChI=1S/C36H66O4/c1-10-13-16-19-24-38-34(4,5)27-30-22-23-33(37)32(29-36(8,9)40-26-21-18-15-12-3)31(30)28-35(6,7)39-25-20-17-14-11-2/h22-23,37H,10-21,24-29H2,1-9H3. The molecule has 0 amide bonds. The normalized spacial score (nSPS) is 12.8. The van der Waals surface area contributed by atoms with E-state index in [1.165, 1.54) is 68.9 Å². The van der Waals surface area contributed by atoms with Crippen LogP contribution in [-0.2, 0) is 33.5 Å². The predicted molar refractivity (Wildman–Crippen MR) is 172 cm³/mol. The Kier molecular flexibility index (Phi) is 17.7. The number of ether oxygens (including phenoxy) is 3.